The van der Waals surface area contributed by atoms with Gasteiger partial charge in [-0.1, -0.05) is 37.6 Å². The minimum absolute atomic E-state index is 0.0723. The Labute approximate surface area is 157 Å². The number of rotatable bonds is 6. The molecule has 0 aliphatic carbocycles. The molecule has 0 bridgehead atoms. The number of thioether (sulfide) groups is 1. The van der Waals surface area contributed by atoms with E-state index in [-0.39, 0.29) is 17.7 Å². The van der Waals surface area contributed by atoms with Crippen LogP contribution in [0.25, 0.3) is 0 Å². The Morgan fingerprint density at radius 2 is 1.68 bits per heavy atom. The number of amides is 2. The molecule has 2 rings (SSSR count). The van der Waals surface area contributed by atoms with Crippen molar-refractivity contribution in [3.8, 4) is 0 Å². The van der Waals surface area contributed by atoms with Gasteiger partial charge in [0.25, 0.3) is 5.91 Å². The fraction of sp³-hybridized carbons (Fsp3) is 0.263. The molecule has 0 radical (unpaired) electrons. The SMILES string of the molecule is CSc1ccc(NC(=O)[C@@H](NC(=O)c2ccccc2Cl)C(C)C)cc1. The zero-order valence-electron chi connectivity index (χ0n) is 14.4. The molecular weight excluding hydrogens is 356 g/mol. The highest BCUT2D eigenvalue weighted by Crippen LogP contribution is 2.19. The highest BCUT2D eigenvalue weighted by Gasteiger charge is 2.25. The third-order valence-electron chi connectivity index (χ3n) is 3.71. The van der Waals surface area contributed by atoms with Gasteiger partial charge in [0, 0.05) is 10.6 Å². The van der Waals surface area contributed by atoms with E-state index in [0.717, 1.165) is 4.90 Å². The maximum Gasteiger partial charge on any atom is 0.253 e. The summed E-state index contributed by atoms with van der Waals surface area (Å²) < 4.78 is 0. The van der Waals surface area contributed by atoms with Crippen LogP contribution >= 0.6 is 23.4 Å². The summed E-state index contributed by atoms with van der Waals surface area (Å²) in [6, 6.07) is 13.7. The molecule has 0 aliphatic rings. The van der Waals surface area contributed by atoms with Gasteiger partial charge in [0.2, 0.25) is 5.91 Å². The van der Waals surface area contributed by atoms with Gasteiger partial charge in [0.05, 0.1) is 10.6 Å². The second-order valence-corrected chi connectivity index (χ2v) is 7.18. The van der Waals surface area contributed by atoms with E-state index >= 15 is 0 Å². The lowest BCUT2D eigenvalue weighted by Crippen LogP contribution is -2.47. The zero-order valence-corrected chi connectivity index (χ0v) is 15.9. The first-order valence-electron chi connectivity index (χ1n) is 7.92. The van der Waals surface area contributed by atoms with Crippen molar-refractivity contribution in [1.29, 1.82) is 0 Å². The molecule has 0 aromatic heterocycles. The van der Waals surface area contributed by atoms with E-state index in [1.807, 2.05) is 44.4 Å². The maximum absolute atomic E-state index is 12.6. The van der Waals surface area contributed by atoms with Crippen molar-refractivity contribution in [2.24, 2.45) is 5.92 Å². The van der Waals surface area contributed by atoms with Crippen LogP contribution in [-0.2, 0) is 4.79 Å². The first-order valence-corrected chi connectivity index (χ1v) is 9.53. The molecule has 132 valence electrons. The summed E-state index contributed by atoms with van der Waals surface area (Å²) in [5.41, 5.74) is 1.05. The van der Waals surface area contributed by atoms with Crippen molar-refractivity contribution >= 4 is 40.9 Å². The minimum atomic E-state index is -0.663. The lowest BCUT2D eigenvalue weighted by Gasteiger charge is -2.22. The van der Waals surface area contributed by atoms with E-state index in [0.29, 0.717) is 16.3 Å². The van der Waals surface area contributed by atoms with Gasteiger partial charge >= 0.3 is 0 Å². The molecule has 0 spiro atoms. The molecular formula is C19H21ClN2O2S. The standard InChI is InChI=1S/C19H21ClN2O2S/c1-12(2)17(22-18(23)15-6-4-5-7-16(15)20)19(24)21-13-8-10-14(25-3)11-9-13/h4-12,17H,1-3H3,(H,21,24)(H,22,23)/t17-/m0/s1. The average molecular weight is 377 g/mol. The number of anilines is 1. The molecule has 0 aliphatic heterocycles. The van der Waals surface area contributed by atoms with Gasteiger partial charge in [0.1, 0.15) is 6.04 Å². The molecule has 4 nitrogen and oxygen atoms in total. The Kier molecular flexibility index (Phi) is 6.91. The molecule has 2 aromatic carbocycles. The molecule has 2 aromatic rings. The fourth-order valence-electron chi connectivity index (χ4n) is 2.29. The van der Waals surface area contributed by atoms with Gasteiger partial charge in [-0.15, -0.1) is 11.8 Å². The van der Waals surface area contributed by atoms with Crippen LogP contribution in [0.15, 0.2) is 53.4 Å². The molecule has 0 fully saturated rings. The van der Waals surface area contributed by atoms with E-state index in [1.54, 1.807) is 36.0 Å². The number of carbonyl (C=O) groups excluding carboxylic acids is 2. The van der Waals surface area contributed by atoms with Gasteiger partial charge in [-0.3, -0.25) is 9.59 Å². The van der Waals surface area contributed by atoms with E-state index in [9.17, 15) is 9.59 Å². The van der Waals surface area contributed by atoms with E-state index < -0.39 is 6.04 Å². The van der Waals surface area contributed by atoms with E-state index in [1.165, 1.54) is 0 Å². The summed E-state index contributed by atoms with van der Waals surface area (Å²) in [6.45, 7) is 3.77. The summed E-state index contributed by atoms with van der Waals surface area (Å²) in [6.07, 6.45) is 1.99. The van der Waals surface area contributed by atoms with Crippen LogP contribution in [0.5, 0.6) is 0 Å². The summed E-state index contributed by atoms with van der Waals surface area (Å²) in [7, 11) is 0. The number of benzene rings is 2. The third kappa shape index (κ3) is 5.25. The van der Waals surface area contributed by atoms with Crippen LogP contribution in [0.4, 0.5) is 5.69 Å². The van der Waals surface area contributed by atoms with Crippen molar-refractivity contribution < 1.29 is 9.59 Å². The molecule has 6 heteroatoms. The first kappa shape index (κ1) is 19.3. The molecule has 0 saturated carbocycles. The van der Waals surface area contributed by atoms with Crippen LogP contribution in [0.2, 0.25) is 5.02 Å². The second-order valence-electron chi connectivity index (χ2n) is 5.89. The monoisotopic (exact) mass is 376 g/mol. The summed E-state index contributed by atoms with van der Waals surface area (Å²) in [5, 5.41) is 5.98. The van der Waals surface area contributed by atoms with Crippen molar-refractivity contribution in [3.63, 3.8) is 0 Å². The van der Waals surface area contributed by atoms with Gasteiger partial charge in [-0.25, -0.2) is 0 Å². The lowest BCUT2D eigenvalue weighted by molar-refractivity contribution is -0.118. The number of halogens is 1. The Morgan fingerprint density at radius 3 is 2.24 bits per heavy atom. The van der Waals surface area contributed by atoms with Crippen molar-refractivity contribution in [2.75, 3.05) is 11.6 Å². The largest absolute Gasteiger partial charge is 0.340 e. The van der Waals surface area contributed by atoms with Crippen LogP contribution in [0.1, 0.15) is 24.2 Å². The van der Waals surface area contributed by atoms with Gasteiger partial charge in [0.15, 0.2) is 0 Å². The smallest absolute Gasteiger partial charge is 0.253 e. The van der Waals surface area contributed by atoms with E-state index in [2.05, 4.69) is 10.6 Å². The second kappa shape index (κ2) is 8.92. The summed E-state index contributed by atoms with van der Waals surface area (Å²) >= 11 is 7.69. The normalized spacial score (nSPS) is 11.9. The fourth-order valence-corrected chi connectivity index (χ4v) is 2.92. The average Bonchev–Trinajstić information content (AvgIpc) is 2.60. The third-order valence-corrected chi connectivity index (χ3v) is 4.78. The van der Waals surface area contributed by atoms with Crippen LogP contribution < -0.4 is 10.6 Å². The number of hydrogen-bond acceptors (Lipinski definition) is 3. The molecule has 0 heterocycles. The van der Waals surface area contributed by atoms with Crippen molar-refractivity contribution in [3.05, 3.63) is 59.1 Å². The Hall–Kier alpha value is -1.98. The molecule has 25 heavy (non-hydrogen) atoms. The highest BCUT2D eigenvalue weighted by atomic mass is 35.5. The highest BCUT2D eigenvalue weighted by molar-refractivity contribution is 7.98. The maximum atomic E-state index is 12.6. The lowest BCUT2D eigenvalue weighted by atomic mass is 10.0. The predicted molar refractivity (Wildman–Crippen MR) is 104 cm³/mol. The van der Waals surface area contributed by atoms with Crippen LogP contribution in [-0.4, -0.2) is 24.1 Å². The number of carbonyl (C=O) groups is 2. The predicted octanol–water partition coefficient (Wildman–Crippen LogP) is 4.46. The number of nitrogens with one attached hydrogen (secondary N) is 2. The zero-order chi connectivity index (χ0) is 18.4. The minimum Gasteiger partial charge on any atom is -0.340 e. The Morgan fingerprint density at radius 1 is 1.04 bits per heavy atom. The van der Waals surface area contributed by atoms with E-state index in [4.69, 9.17) is 11.6 Å². The number of hydrogen-bond donors (Lipinski definition) is 2. The summed E-state index contributed by atoms with van der Waals surface area (Å²) in [4.78, 5) is 26.2. The van der Waals surface area contributed by atoms with Crippen LogP contribution in [0.3, 0.4) is 0 Å². The molecule has 1 atom stereocenters. The van der Waals surface area contributed by atoms with Gasteiger partial charge in [-0.2, -0.15) is 0 Å². The Balaban J connectivity index is 2.10. The van der Waals surface area contributed by atoms with Gasteiger partial charge in [-0.05, 0) is 48.6 Å². The molecule has 0 unspecified atom stereocenters. The van der Waals surface area contributed by atoms with Gasteiger partial charge < -0.3 is 10.6 Å². The molecule has 0 saturated heterocycles. The topological polar surface area (TPSA) is 58.2 Å². The Bertz CT molecular complexity index is 747. The van der Waals surface area contributed by atoms with Crippen molar-refractivity contribution in [1.82, 2.24) is 5.32 Å². The first-order chi connectivity index (χ1) is 11.9. The van der Waals surface area contributed by atoms with Crippen LogP contribution in [0, 0.1) is 5.92 Å². The summed E-state index contributed by atoms with van der Waals surface area (Å²) in [5.74, 6) is -0.693. The quantitative estimate of drug-likeness (QED) is 0.732. The molecule has 2 amide bonds. The van der Waals surface area contributed by atoms with Crippen molar-refractivity contribution in [2.45, 2.75) is 24.8 Å². The molecule has 2 N–H and O–H groups in total.